The zero-order valence-electron chi connectivity index (χ0n) is 11.4. The van der Waals surface area contributed by atoms with Gasteiger partial charge in [-0.3, -0.25) is 9.80 Å². The summed E-state index contributed by atoms with van der Waals surface area (Å²) in [7, 11) is 0. The maximum absolute atomic E-state index is 3.47. The molecule has 0 aromatic rings. The second-order valence-corrected chi connectivity index (χ2v) is 6.77. The maximum Gasteiger partial charge on any atom is 0.0275 e. The van der Waals surface area contributed by atoms with Crippen LogP contribution < -0.4 is 5.32 Å². The molecular formula is C14H27N3. The molecule has 1 N–H and O–H groups in total. The molecule has 17 heavy (non-hydrogen) atoms. The summed E-state index contributed by atoms with van der Waals surface area (Å²) in [6.45, 7) is 12.4. The fourth-order valence-electron chi connectivity index (χ4n) is 3.53. The van der Waals surface area contributed by atoms with Crippen molar-refractivity contribution in [2.24, 2.45) is 5.41 Å². The molecule has 0 bridgehead atoms. The van der Waals surface area contributed by atoms with Crippen LogP contribution in [-0.2, 0) is 0 Å². The number of nitrogens with zero attached hydrogens (tertiary/aromatic N) is 2. The van der Waals surface area contributed by atoms with Gasteiger partial charge in [0.1, 0.15) is 0 Å². The van der Waals surface area contributed by atoms with Crippen molar-refractivity contribution in [1.82, 2.24) is 15.1 Å². The second kappa shape index (κ2) is 4.52. The molecule has 2 saturated heterocycles. The zero-order valence-corrected chi connectivity index (χ0v) is 11.4. The molecule has 0 amide bonds. The lowest BCUT2D eigenvalue weighted by atomic mass is 9.77. The van der Waals surface area contributed by atoms with Crippen LogP contribution in [0.5, 0.6) is 0 Å². The number of hydrogen-bond donors (Lipinski definition) is 1. The highest BCUT2D eigenvalue weighted by Crippen LogP contribution is 2.38. The molecule has 0 spiro atoms. The van der Waals surface area contributed by atoms with Gasteiger partial charge in [0.15, 0.2) is 0 Å². The van der Waals surface area contributed by atoms with Gasteiger partial charge < -0.3 is 5.32 Å². The van der Waals surface area contributed by atoms with Gasteiger partial charge in [0.05, 0.1) is 0 Å². The topological polar surface area (TPSA) is 18.5 Å². The van der Waals surface area contributed by atoms with Gasteiger partial charge in [-0.15, -0.1) is 0 Å². The Morgan fingerprint density at radius 2 is 1.71 bits per heavy atom. The molecule has 1 aliphatic carbocycles. The predicted molar refractivity (Wildman–Crippen MR) is 71.2 cm³/mol. The van der Waals surface area contributed by atoms with E-state index in [1.54, 1.807) is 0 Å². The Labute approximate surface area is 106 Å². The minimum atomic E-state index is 0.503. The van der Waals surface area contributed by atoms with Crippen LogP contribution in [0.25, 0.3) is 0 Å². The van der Waals surface area contributed by atoms with E-state index < -0.39 is 0 Å². The molecule has 3 nitrogen and oxygen atoms in total. The van der Waals surface area contributed by atoms with E-state index in [2.05, 4.69) is 29.0 Å². The molecular weight excluding hydrogens is 210 g/mol. The monoisotopic (exact) mass is 237 g/mol. The summed E-state index contributed by atoms with van der Waals surface area (Å²) < 4.78 is 0. The summed E-state index contributed by atoms with van der Waals surface area (Å²) >= 11 is 0. The van der Waals surface area contributed by atoms with Crippen LogP contribution in [0.2, 0.25) is 0 Å². The smallest absolute Gasteiger partial charge is 0.0275 e. The number of likely N-dealkylation sites (tertiary alicyclic amines) is 1. The van der Waals surface area contributed by atoms with Crippen molar-refractivity contribution >= 4 is 0 Å². The first kappa shape index (κ1) is 11.9. The summed E-state index contributed by atoms with van der Waals surface area (Å²) in [6, 6.07) is 1.72. The van der Waals surface area contributed by atoms with Gasteiger partial charge in [-0.1, -0.05) is 13.8 Å². The fraction of sp³-hybridized carbons (Fsp3) is 1.00. The third kappa shape index (κ3) is 2.51. The van der Waals surface area contributed by atoms with Gasteiger partial charge in [0.25, 0.3) is 0 Å². The number of piperazine rings is 1. The third-order valence-electron chi connectivity index (χ3n) is 5.01. The molecule has 1 saturated carbocycles. The molecule has 3 heteroatoms. The number of piperidine rings is 1. The second-order valence-electron chi connectivity index (χ2n) is 6.77. The zero-order chi connectivity index (χ0) is 11.9. The SMILES string of the molecule is CC1(C)CCN(C2CC2)CC1N1CCNCC1. The molecule has 2 aliphatic heterocycles. The lowest BCUT2D eigenvalue weighted by Gasteiger charge is -2.50. The van der Waals surface area contributed by atoms with E-state index in [1.165, 1.54) is 58.5 Å². The highest BCUT2D eigenvalue weighted by atomic mass is 15.3. The van der Waals surface area contributed by atoms with Gasteiger partial charge >= 0.3 is 0 Å². The lowest BCUT2D eigenvalue weighted by Crippen LogP contribution is -2.60. The Morgan fingerprint density at radius 3 is 2.35 bits per heavy atom. The summed E-state index contributed by atoms with van der Waals surface area (Å²) in [6.07, 6.45) is 4.28. The normalized spacial score (nSPS) is 36.0. The van der Waals surface area contributed by atoms with Crippen LogP contribution >= 0.6 is 0 Å². The van der Waals surface area contributed by atoms with Crippen LogP contribution in [-0.4, -0.2) is 61.2 Å². The molecule has 3 fully saturated rings. The Bertz CT molecular complexity index is 267. The van der Waals surface area contributed by atoms with Gasteiger partial charge in [-0.05, 0) is 31.2 Å². The van der Waals surface area contributed by atoms with Crippen molar-refractivity contribution in [2.75, 3.05) is 39.3 Å². The molecule has 0 aromatic heterocycles. The molecule has 3 rings (SSSR count). The van der Waals surface area contributed by atoms with Crippen LogP contribution in [0, 0.1) is 5.41 Å². The van der Waals surface area contributed by atoms with E-state index in [0.29, 0.717) is 5.41 Å². The Kier molecular flexibility index (Phi) is 3.18. The molecule has 98 valence electrons. The standard InChI is InChI=1S/C14H27N3/c1-14(2)5-8-17(12-3-4-12)11-13(14)16-9-6-15-7-10-16/h12-13,15H,3-11H2,1-2H3. The highest BCUT2D eigenvalue weighted by molar-refractivity contribution is 4.98. The van der Waals surface area contributed by atoms with Crippen molar-refractivity contribution in [3.63, 3.8) is 0 Å². The van der Waals surface area contributed by atoms with Crippen molar-refractivity contribution in [3.05, 3.63) is 0 Å². The molecule has 1 atom stereocenters. The number of rotatable bonds is 2. The van der Waals surface area contributed by atoms with Crippen LogP contribution in [0.4, 0.5) is 0 Å². The molecule has 3 aliphatic rings. The summed E-state index contributed by atoms with van der Waals surface area (Å²) in [4.78, 5) is 5.50. The largest absolute Gasteiger partial charge is 0.314 e. The fourth-order valence-corrected chi connectivity index (χ4v) is 3.53. The predicted octanol–water partition coefficient (Wildman–Crippen LogP) is 1.15. The summed E-state index contributed by atoms with van der Waals surface area (Å²) in [5, 5.41) is 3.47. The van der Waals surface area contributed by atoms with Crippen LogP contribution in [0.15, 0.2) is 0 Å². The third-order valence-corrected chi connectivity index (χ3v) is 5.01. The minimum absolute atomic E-state index is 0.503. The minimum Gasteiger partial charge on any atom is -0.314 e. The van der Waals surface area contributed by atoms with E-state index in [1.807, 2.05) is 0 Å². The van der Waals surface area contributed by atoms with Crippen molar-refractivity contribution in [2.45, 2.75) is 45.2 Å². The maximum atomic E-state index is 3.47. The van der Waals surface area contributed by atoms with E-state index in [9.17, 15) is 0 Å². The van der Waals surface area contributed by atoms with Crippen molar-refractivity contribution in [1.29, 1.82) is 0 Å². The van der Waals surface area contributed by atoms with Crippen LogP contribution in [0.3, 0.4) is 0 Å². The van der Waals surface area contributed by atoms with Gasteiger partial charge in [-0.2, -0.15) is 0 Å². The summed E-state index contributed by atoms with van der Waals surface area (Å²) in [5.41, 5.74) is 0.503. The molecule has 2 heterocycles. The van der Waals surface area contributed by atoms with E-state index in [0.717, 1.165) is 12.1 Å². The number of hydrogen-bond acceptors (Lipinski definition) is 3. The average molecular weight is 237 g/mol. The quantitative estimate of drug-likeness (QED) is 0.777. The van der Waals surface area contributed by atoms with E-state index in [-0.39, 0.29) is 0 Å². The first-order valence-electron chi connectivity index (χ1n) is 7.36. The Morgan fingerprint density at radius 1 is 1.00 bits per heavy atom. The Hall–Kier alpha value is -0.120. The van der Waals surface area contributed by atoms with Crippen LogP contribution in [0.1, 0.15) is 33.1 Å². The van der Waals surface area contributed by atoms with E-state index in [4.69, 9.17) is 0 Å². The van der Waals surface area contributed by atoms with Crippen molar-refractivity contribution < 1.29 is 0 Å². The number of nitrogens with one attached hydrogen (secondary N) is 1. The lowest BCUT2D eigenvalue weighted by molar-refractivity contribution is -0.00192. The first-order chi connectivity index (χ1) is 8.17. The summed E-state index contributed by atoms with van der Waals surface area (Å²) in [5.74, 6) is 0. The molecule has 0 radical (unpaired) electrons. The van der Waals surface area contributed by atoms with Crippen molar-refractivity contribution in [3.8, 4) is 0 Å². The first-order valence-corrected chi connectivity index (χ1v) is 7.36. The van der Waals surface area contributed by atoms with Gasteiger partial charge in [0.2, 0.25) is 0 Å². The van der Waals surface area contributed by atoms with Gasteiger partial charge in [-0.25, -0.2) is 0 Å². The average Bonchev–Trinajstić information content (AvgIpc) is 3.14. The molecule has 1 unspecified atom stereocenters. The Balaban J connectivity index is 1.68. The van der Waals surface area contributed by atoms with E-state index >= 15 is 0 Å². The highest BCUT2D eigenvalue weighted by Gasteiger charge is 2.42. The molecule has 0 aromatic carbocycles. The van der Waals surface area contributed by atoms with Gasteiger partial charge in [0, 0.05) is 44.8 Å².